The summed E-state index contributed by atoms with van der Waals surface area (Å²) in [6.45, 7) is 3.99. The Hall–Kier alpha value is -3.35. The van der Waals surface area contributed by atoms with Crippen LogP contribution in [-0.2, 0) is 0 Å². The Bertz CT molecular complexity index is 1020. The summed E-state index contributed by atoms with van der Waals surface area (Å²) in [5, 5.41) is 2.79. The van der Waals surface area contributed by atoms with Gasteiger partial charge in [0.05, 0.1) is 38.1 Å². The van der Waals surface area contributed by atoms with Gasteiger partial charge in [0.2, 0.25) is 5.88 Å². The second kappa shape index (κ2) is 7.49. The lowest BCUT2D eigenvalue weighted by molar-refractivity contribution is 0.101. The molecule has 0 atom stereocenters. The molecule has 7 heteroatoms. The number of anilines is 1. The van der Waals surface area contributed by atoms with Crippen LogP contribution in [0.15, 0.2) is 30.3 Å². The van der Waals surface area contributed by atoms with Gasteiger partial charge >= 0.3 is 0 Å². The third-order valence-corrected chi connectivity index (χ3v) is 4.31. The topological polar surface area (TPSA) is 82.6 Å². The highest BCUT2D eigenvalue weighted by atomic mass is 16.5. The van der Waals surface area contributed by atoms with Crippen molar-refractivity contribution in [2.24, 2.45) is 0 Å². The standard InChI is InChI=1S/C20H21N3O4/c1-11-8-14-15(9-12(11)2)23-20(27-5)18(21-14)19(24)22-16-10-13(25-3)6-7-17(16)26-4/h6-10H,1-5H3,(H,22,24). The fraction of sp³-hybridized carbons (Fsp3) is 0.250. The molecule has 1 heterocycles. The molecule has 1 N–H and O–H groups in total. The fourth-order valence-corrected chi connectivity index (χ4v) is 2.68. The number of fused-ring (bicyclic) bond motifs is 1. The van der Waals surface area contributed by atoms with Gasteiger partial charge in [-0.1, -0.05) is 0 Å². The molecule has 27 heavy (non-hydrogen) atoms. The van der Waals surface area contributed by atoms with E-state index in [4.69, 9.17) is 14.2 Å². The number of aryl methyl sites for hydroxylation is 2. The lowest BCUT2D eigenvalue weighted by atomic mass is 10.1. The number of carbonyl (C=O) groups is 1. The van der Waals surface area contributed by atoms with Crippen molar-refractivity contribution in [2.45, 2.75) is 13.8 Å². The molecule has 0 bridgehead atoms. The molecule has 140 valence electrons. The van der Waals surface area contributed by atoms with Crippen LogP contribution in [0.2, 0.25) is 0 Å². The summed E-state index contributed by atoms with van der Waals surface area (Å²) in [6, 6.07) is 8.96. The van der Waals surface area contributed by atoms with Crippen LogP contribution in [0.1, 0.15) is 21.6 Å². The third kappa shape index (κ3) is 3.62. The number of amides is 1. The summed E-state index contributed by atoms with van der Waals surface area (Å²) in [7, 11) is 4.54. The number of hydrogen-bond donors (Lipinski definition) is 1. The van der Waals surface area contributed by atoms with E-state index in [1.165, 1.54) is 14.2 Å². The van der Waals surface area contributed by atoms with Crippen molar-refractivity contribution in [2.75, 3.05) is 26.6 Å². The highest BCUT2D eigenvalue weighted by Gasteiger charge is 2.19. The lowest BCUT2D eigenvalue weighted by Crippen LogP contribution is -2.16. The number of rotatable bonds is 5. The minimum atomic E-state index is -0.453. The maximum atomic E-state index is 12.9. The molecule has 0 fully saturated rings. The van der Waals surface area contributed by atoms with Gasteiger partial charge in [-0.2, -0.15) is 0 Å². The number of hydrogen-bond acceptors (Lipinski definition) is 6. The minimum Gasteiger partial charge on any atom is -0.497 e. The number of aromatic nitrogens is 2. The Balaban J connectivity index is 2.04. The van der Waals surface area contributed by atoms with Gasteiger partial charge in [-0.15, -0.1) is 0 Å². The van der Waals surface area contributed by atoms with Crippen LogP contribution in [0.4, 0.5) is 5.69 Å². The van der Waals surface area contributed by atoms with Crippen molar-refractivity contribution in [3.05, 3.63) is 47.2 Å². The molecule has 1 aromatic heterocycles. The van der Waals surface area contributed by atoms with Crippen molar-refractivity contribution in [3.63, 3.8) is 0 Å². The van der Waals surface area contributed by atoms with Crippen LogP contribution in [0.3, 0.4) is 0 Å². The first-order valence-corrected chi connectivity index (χ1v) is 8.33. The van der Waals surface area contributed by atoms with E-state index in [9.17, 15) is 4.79 Å². The quantitative estimate of drug-likeness (QED) is 0.743. The van der Waals surface area contributed by atoms with E-state index < -0.39 is 5.91 Å². The summed E-state index contributed by atoms with van der Waals surface area (Å²) in [5.74, 6) is 0.799. The van der Waals surface area contributed by atoms with Crippen LogP contribution in [0.5, 0.6) is 17.4 Å². The Morgan fingerprint density at radius 2 is 1.56 bits per heavy atom. The van der Waals surface area contributed by atoms with Crippen LogP contribution in [-0.4, -0.2) is 37.2 Å². The van der Waals surface area contributed by atoms with Gasteiger partial charge in [-0.05, 0) is 49.2 Å². The monoisotopic (exact) mass is 367 g/mol. The first-order chi connectivity index (χ1) is 13.0. The molecule has 0 aliphatic heterocycles. The van der Waals surface area contributed by atoms with Crippen molar-refractivity contribution in [3.8, 4) is 17.4 Å². The smallest absolute Gasteiger partial charge is 0.280 e. The minimum absolute atomic E-state index is 0.0955. The fourth-order valence-electron chi connectivity index (χ4n) is 2.68. The van der Waals surface area contributed by atoms with E-state index in [0.29, 0.717) is 28.2 Å². The van der Waals surface area contributed by atoms with Gasteiger partial charge in [0.15, 0.2) is 5.69 Å². The molecule has 0 aliphatic carbocycles. The van der Waals surface area contributed by atoms with Crippen molar-refractivity contribution < 1.29 is 19.0 Å². The average molecular weight is 367 g/mol. The van der Waals surface area contributed by atoms with Crippen LogP contribution >= 0.6 is 0 Å². The van der Waals surface area contributed by atoms with Gasteiger partial charge < -0.3 is 19.5 Å². The molecule has 0 unspecified atom stereocenters. The van der Waals surface area contributed by atoms with E-state index in [1.54, 1.807) is 25.3 Å². The zero-order chi connectivity index (χ0) is 19.6. The molecule has 0 aliphatic rings. The molecular formula is C20H21N3O4. The Labute approximate surface area is 157 Å². The summed E-state index contributed by atoms with van der Waals surface area (Å²) in [6.07, 6.45) is 0. The second-order valence-corrected chi connectivity index (χ2v) is 6.03. The highest BCUT2D eigenvalue weighted by Crippen LogP contribution is 2.30. The number of benzene rings is 2. The predicted octanol–water partition coefficient (Wildman–Crippen LogP) is 3.52. The molecule has 0 radical (unpaired) electrons. The first kappa shape index (κ1) is 18.4. The van der Waals surface area contributed by atoms with E-state index >= 15 is 0 Å². The van der Waals surface area contributed by atoms with Crippen molar-refractivity contribution in [1.82, 2.24) is 9.97 Å². The largest absolute Gasteiger partial charge is 0.497 e. The Morgan fingerprint density at radius 1 is 0.889 bits per heavy atom. The van der Waals surface area contributed by atoms with Gasteiger partial charge in [-0.25, -0.2) is 9.97 Å². The second-order valence-electron chi connectivity index (χ2n) is 6.03. The Kier molecular flexibility index (Phi) is 5.12. The van der Waals surface area contributed by atoms with Crippen molar-refractivity contribution >= 4 is 22.6 Å². The predicted molar refractivity (Wildman–Crippen MR) is 103 cm³/mol. The maximum Gasteiger partial charge on any atom is 0.280 e. The molecule has 7 nitrogen and oxygen atoms in total. The molecular weight excluding hydrogens is 346 g/mol. The molecule has 0 saturated carbocycles. The zero-order valence-corrected chi connectivity index (χ0v) is 15.9. The molecule has 3 aromatic rings. The summed E-state index contributed by atoms with van der Waals surface area (Å²) >= 11 is 0. The zero-order valence-electron chi connectivity index (χ0n) is 15.9. The summed E-state index contributed by atoms with van der Waals surface area (Å²) < 4.78 is 15.8. The lowest BCUT2D eigenvalue weighted by Gasteiger charge is -2.13. The van der Waals surface area contributed by atoms with Crippen LogP contribution in [0, 0.1) is 13.8 Å². The van der Waals surface area contributed by atoms with Gasteiger partial charge in [0.25, 0.3) is 5.91 Å². The van der Waals surface area contributed by atoms with E-state index in [-0.39, 0.29) is 11.6 Å². The average Bonchev–Trinajstić information content (AvgIpc) is 2.67. The van der Waals surface area contributed by atoms with Gasteiger partial charge in [0, 0.05) is 6.07 Å². The van der Waals surface area contributed by atoms with Gasteiger partial charge in [-0.3, -0.25) is 4.79 Å². The van der Waals surface area contributed by atoms with Crippen LogP contribution < -0.4 is 19.5 Å². The number of nitrogens with zero attached hydrogens (tertiary/aromatic N) is 2. The number of carbonyl (C=O) groups excluding carboxylic acids is 1. The highest BCUT2D eigenvalue weighted by molar-refractivity contribution is 6.06. The molecule has 3 rings (SSSR count). The van der Waals surface area contributed by atoms with E-state index in [2.05, 4.69) is 15.3 Å². The normalized spacial score (nSPS) is 10.6. The maximum absolute atomic E-state index is 12.9. The third-order valence-electron chi connectivity index (χ3n) is 4.31. The number of ether oxygens (including phenoxy) is 3. The van der Waals surface area contributed by atoms with E-state index in [0.717, 1.165) is 11.1 Å². The SMILES string of the molecule is COc1ccc(OC)c(NC(=O)c2nc3cc(C)c(C)cc3nc2OC)c1. The Morgan fingerprint density at radius 3 is 2.15 bits per heavy atom. The first-order valence-electron chi connectivity index (χ1n) is 8.33. The van der Waals surface area contributed by atoms with E-state index in [1.807, 2.05) is 26.0 Å². The summed E-state index contributed by atoms with van der Waals surface area (Å²) in [5.41, 5.74) is 4.02. The molecule has 1 amide bonds. The molecule has 2 aromatic carbocycles. The number of nitrogens with one attached hydrogen (secondary N) is 1. The number of methoxy groups -OCH3 is 3. The molecule has 0 spiro atoms. The summed E-state index contributed by atoms with van der Waals surface area (Å²) in [4.78, 5) is 21.8. The van der Waals surface area contributed by atoms with Gasteiger partial charge in [0.1, 0.15) is 11.5 Å². The van der Waals surface area contributed by atoms with Crippen LogP contribution in [0.25, 0.3) is 11.0 Å². The van der Waals surface area contributed by atoms with Crippen molar-refractivity contribution in [1.29, 1.82) is 0 Å². The molecule has 0 saturated heterocycles.